The van der Waals surface area contributed by atoms with Crippen molar-refractivity contribution in [2.24, 2.45) is 0 Å². The minimum absolute atomic E-state index is 0.116. The van der Waals surface area contributed by atoms with Crippen molar-refractivity contribution in [3.8, 4) is 23.0 Å². The van der Waals surface area contributed by atoms with E-state index < -0.39 is 23.6 Å². The molecule has 0 saturated carbocycles. The van der Waals surface area contributed by atoms with Crippen LogP contribution in [0.25, 0.3) is 11.0 Å². The molecule has 0 spiro atoms. The van der Waals surface area contributed by atoms with Crippen LogP contribution in [0.1, 0.15) is 17.0 Å². The molecule has 1 amide bonds. The molecule has 8 nitrogen and oxygen atoms in total. The van der Waals surface area contributed by atoms with E-state index in [1.165, 1.54) is 0 Å². The first kappa shape index (κ1) is 20.2. The smallest absolute Gasteiger partial charge is 0.344 e. The molecule has 3 heterocycles. The number of rotatable bonds is 4. The number of fused-ring (bicyclic) bond motifs is 4. The second-order valence-electron chi connectivity index (χ2n) is 7.98. The molecule has 2 aliphatic rings. The van der Waals surface area contributed by atoms with Crippen molar-refractivity contribution < 1.29 is 28.2 Å². The van der Waals surface area contributed by atoms with E-state index in [9.17, 15) is 9.59 Å². The number of hydrogen-bond acceptors (Lipinski definition) is 7. The summed E-state index contributed by atoms with van der Waals surface area (Å²) in [5, 5.41) is 3.51. The fourth-order valence-electron chi connectivity index (χ4n) is 4.42. The quantitative estimate of drug-likeness (QED) is 0.462. The lowest BCUT2D eigenvalue weighted by Gasteiger charge is -2.19. The first-order chi connectivity index (χ1) is 16.6. The zero-order valence-electron chi connectivity index (χ0n) is 18.1. The van der Waals surface area contributed by atoms with Crippen LogP contribution in [0.3, 0.4) is 0 Å². The summed E-state index contributed by atoms with van der Waals surface area (Å²) < 4.78 is 27.9. The van der Waals surface area contributed by atoms with E-state index in [-0.39, 0.29) is 6.79 Å². The maximum Gasteiger partial charge on any atom is 0.344 e. The van der Waals surface area contributed by atoms with Gasteiger partial charge in [-0.15, -0.1) is 0 Å². The number of amides is 1. The molecule has 1 aromatic heterocycles. The van der Waals surface area contributed by atoms with Gasteiger partial charge in [-0.25, -0.2) is 4.79 Å². The third-order valence-electron chi connectivity index (χ3n) is 6.03. The Balaban J connectivity index is 1.45. The molecular formula is C26H19NO7. The van der Waals surface area contributed by atoms with Crippen LogP contribution in [0, 0.1) is 0 Å². The summed E-state index contributed by atoms with van der Waals surface area (Å²) in [6.45, 7) is 0.116. The van der Waals surface area contributed by atoms with Gasteiger partial charge < -0.3 is 28.7 Å². The predicted octanol–water partition coefficient (Wildman–Crippen LogP) is 4.06. The number of para-hydroxylation sites is 1. The van der Waals surface area contributed by atoms with Crippen LogP contribution in [-0.2, 0) is 4.79 Å². The first-order valence-corrected chi connectivity index (χ1v) is 10.7. The number of ether oxygens (including phenoxy) is 4. The summed E-state index contributed by atoms with van der Waals surface area (Å²) in [6, 6.07) is 19.4. The van der Waals surface area contributed by atoms with Crippen molar-refractivity contribution in [3.05, 3.63) is 88.3 Å². The molecule has 1 N–H and O–H groups in total. The maximum absolute atomic E-state index is 13.4. The standard InChI is InChI=1S/C26H19NO7/c1-30-16-9-7-15(8-10-16)27-25(28)24-21(14-6-11-19-20(12-14)32-13-31-19)22-23(34-24)17-4-2-3-5-18(17)33-26(22)29/h2-12,21,24H,13H2,1H3,(H,27,28)/t21-,24+/m1/s1. The van der Waals surface area contributed by atoms with Crippen LogP contribution < -0.4 is 29.9 Å². The highest BCUT2D eigenvalue weighted by molar-refractivity contribution is 5.97. The number of hydrogen-bond donors (Lipinski definition) is 1. The zero-order chi connectivity index (χ0) is 23.2. The van der Waals surface area contributed by atoms with Gasteiger partial charge in [0.15, 0.2) is 17.6 Å². The molecule has 6 rings (SSSR count). The van der Waals surface area contributed by atoms with Crippen molar-refractivity contribution in [3.63, 3.8) is 0 Å². The second-order valence-corrected chi connectivity index (χ2v) is 7.98. The Morgan fingerprint density at radius 2 is 1.79 bits per heavy atom. The molecule has 3 aromatic carbocycles. The Morgan fingerprint density at radius 3 is 2.62 bits per heavy atom. The molecule has 0 fully saturated rings. The summed E-state index contributed by atoms with van der Waals surface area (Å²) in [5.74, 6) is 1.07. The molecule has 0 radical (unpaired) electrons. The largest absolute Gasteiger partial charge is 0.497 e. The molecule has 0 saturated heterocycles. The van der Waals surface area contributed by atoms with Crippen molar-refractivity contribution >= 4 is 22.6 Å². The van der Waals surface area contributed by atoms with Gasteiger partial charge >= 0.3 is 5.63 Å². The SMILES string of the molecule is COc1ccc(NC(=O)[C@H]2Oc3c(c(=O)oc4ccccc34)[C@H]2c2ccc3c(c2)OCO3)cc1. The first-order valence-electron chi connectivity index (χ1n) is 10.7. The van der Waals surface area contributed by atoms with Crippen LogP contribution in [0.15, 0.2) is 75.9 Å². The van der Waals surface area contributed by atoms with Gasteiger partial charge in [-0.1, -0.05) is 18.2 Å². The van der Waals surface area contributed by atoms with Crippen molar-refractivity contribution in [2.75, 3.05) is 19.2 Å². The maximum atomic E-state index is 13.4. The highest BCUT2D eigenvalue weighted by Gasteiger charge is 2.44. The van der Waals surface area contributed by atoms with Crippen molar-refractivity contribution in [2.45, 2.75) is 12.0 Å². The molecule has 0 unspecified atom stereocenters. The third kappa shape index (κ3) is 3.23. The van der Waals surface area contributed by atoms with Gasteiger partial charge in [0.05, 0.1) is 24.0 Å². The van der Waals surface area contributed by atoms with Crippen molar-refractivity contribution in [1.29, 1.82) is 0 Å². The van der Waals surface area contributed by atoms with E-state index in [1.807, 2.05) is 6.07 Å². The normalized spacial score (nSPS) is 17.8. The summed E-state index contributed by atoms with van der Waals surface area (Å²) in [6.07, 6.45) is -1.01. The van der Waals surface area contributed by atoms with Gasteiger partial charge in [-0.2, -0.15) is 0 Å². The summed E-state index contributed by atoms with van der Waals surface area (Å²) in [5.41, 5.74) is 1.41. The van der Waals surface area contributed by atoms with Gasteiger partial charge in [0.25, 0.3) is 5.91 Å². The van der Waals surface area contributed by atoms with E-state index in [4.69, 9.17) is 23.4 Å². The minimum Gasteiger partial charge on any atom is -0.497 e. The molecule has 2 atom stereocenters. The molecule has 2 aliphatic heterocycles. The Labute approximate surface area is 193 Å². The topological polar surface area (TPSA) is 96.2 Å². The highest BCUT2D eigenvalue weighted by Crippen LogP contribution is 2.46. The molecule has 8 heteroatoms. The molecule has 0 bridgehead atoms. The van der Waals surface area contributed by atoms with Gasteiger partial charge in [0, 0.05) is 5.69 Å². The van der Waals surface area contributed by atoms with Crippen LogP contribution in [0.2, 0.25) is 0 Å². The average Bonchev–Trinajstić information content (AvgIpc) is 3.49. The molecule has 34 heavy (non-hydrogen) atoms. The Kier molecular flexibility index (Phi) is 4.65. The fraction of sp³-hybridized carbons (Fsp3) is 0.154. The van der Waals surface area contributed by atoms with Crippen LogP contribution in [-0.4, -0.2) is 25.9 Å². The minimum atomic E-state index is -1.01. The van der Waals surface area contributed by atoms with Gasteiger partial charge in [-0.3, -0.25) is 4.79 Å². The number of methoxy groups -OCH3 is 1. The number of carbonyl (C=O) groups excluding carboxylic acids is 1. The Morgan fingerprint density at radius 1 is 1.00 bits per heavy atom. The average molecular weight is 457 g/mol. The monoisotopic (exact) mass is 457 g/mol. The lowest BCUT2D eigenvalue weighted by atomic mass is 9.88. The highest BCUT2D eigenvalue weighted by atomic mass is 16.7. The summed E-state index contributed by atoms with van der Waals surface area (Å²) in [7, 11) is 1.57. The number of nitrogens with one attached hydrogen (secondary N) is 1. The zero-order valence-corrected chi connectivity index (χ0v) is 18.1. The lowest BCUT2D eigenvalue weighted by molar-refractivity contribution is -0.122. The lowest BCUT2D eigenvalue weighted by Crippen LogP contribution is -2.35. The molecule has 0 aliphatic carbocycles. The van der Waals surface area contributed by atoms with Crippen LogP contribution in [0.5, 0.6) is 23.0 Å². The number of anilines is 1. The second kappa shape index (κ2) is 7.84. The van der Waals surface area contributed by atoms with Gasteiger partial charge in [0.2, 0.25) is 6.79 Å². The fourth-order valence-corrected chi connectivity index (χ4v) is 4.42. The van der Waals surface area contributed by atoms with E-state index in [2.05, 4.69) is 5.32 Å². The Bertz CT molecular complexity index is 1480. The Hall–Kier alpha value is -4.46. The third-order valence-corrected chi connectivity index (χ3v) is 6.03. The summed E-state index contributed by atoms with van der Waals surface area (Å²) in [4.78, 5) is 26.5. The van der Waals surface area contributed by atoms with E-state index in [0.717, 1.165) is 0 Å². The van der Waals surface area contributed by atoms with Gasteiger partial charge in [0.1, 0.15) is 17.1 Å². The van der Waals surface area contributed by atoms with E-state index in [1.54, 1.807) is 67.8 Å². The van der Waals surface area contributed by atoms with E-state index >= 15 is 0 Å². The molecule has 170 valence electrons. The predicted molar refractivity (Wildman–Crippen MR) is 123 cm³/mol. The summed E-state index contributed by atoms with van der Waals surface area (Å²) >= 11 is 0. The van der Waals surface area contributed by atoms with E-state index in [0.29, 0.717) is 50.8 Å². The number of carbonyl (C=O) groups is 1. The van der Waals surface area contributed by atoms with Crippen LogP contribution in [0.4, 0.5) is 5.69 Å². The number of benzene rings is 3. The van der Waals surface area contributed by atoms with Crippen LogP contribution >= 0.6 is 0 Å². The molecule has 4 aromatic rings. The van der Waals surface area contributed by atoms with Crippen molar-refractivity contribution in [1.82, 2.24) is 0 Å². The molecular weight excluding hydrogens is 438 g/mol. The van der Waals surface area contributed by atoms with Gasteiger partial charge in [-0.05, 0) is 54.1 Å².